The van der Waals surface area contributed by atoms with Crippen LogP contribution in [0.3, 0.4) is 0 Å². The molecule has 1 amide bonds. The molecule has 3 aromatic carbocycles. The minimum absolute atomic E-state index is 0.237. The molecule has 11 heteroatoms. The first kappa shape index (κ1) is 26.6. The van der Waals surface area contributed by atoms with E-state index >= 15 is 0 Å². The van der Waals surface area contributed by atoms with Gasteiger partial charge in [-0.05, 0) is 47.9 Å². The quantitative estimate of drug-likeness (QED) is 0.211. The van der Waals surface area contributed by atoms with Crippen LogP contribution in [-0.4, -0.2) is 60.8 Å². The number of H-pyrrole nitrogens is 2. The SMILES string of the molecule is COc1ccc(-c2n[nH]nc2-c2cc(OC)c(OC)c(OC)c2)cc1NC(=O)C([NH3+])Cc1cc2ccccc2[nH]1. The zero-order valence-corrected chi connectivity index (χ0v) is 22.7. The van der Waals surface area contributed by atoms with Crippen LogP contribution in [0.25, 0.3) is 33.4 Å². The number of hydrogen-bond donors (Lipinski definition) is 4. The van der Waals surface area contributed by atoms with E-state index in [4.69, 9.17) is 18.9 Å². The summed E-state index contributed by atoms with van der Waals surface area (Å²) in [6, 6.07) is 18.5. The molecule has 2 heterocycles. The average Bonchev–Trinajstić information content (AvgIpc) is 3.63. The summed E-state index contributed by atoms with van der Waals surface area (Å²) in [5.41, 5.74) is 9.10. The number of benzene rings is 3. The fourth-order valence-corrected chi connectivity index (χ4v) is 4.64. The predicted octanol–water partition coefficient (Wildman–Crippen LogP) is 3.45. The van der Waals surface area contributed by atoms with Crippen molar-refractivity contribution in [3.63, 3.8) is 0 Å². The Morgan fingerprint density at radius 3 is 2.17 bits per heavy atom. The van der Waals surface area contributed by atoms with E-state index in [1.807, 2.05) is 36.4 Å². The second-order valence-corrected chi connectivity index (χ2v) is 9.12. The third-order valence-electron chi connectivity index (χ3n) is 6.64. The number of carbonyl (C=O) groups is 1. The lowest BCUT2D eigenvalue weighted by Crippen LogP contribution is -2.67. The Hall–Kier alpha value is -5.03. The molecule has 5 aromatic rings. The van der Waals surface area contributed by atoms with Crippen LogP contribution >= 0.6 is 0 Å². The van der Waals surface area contributed by atoms with Gasteiger partial charge in [-0.3, -0.25) is 4.79 Å². The highest BCUT2D eigenvalue weighted by Gasteiger charge is 2.23. The van der Waals surface area contributed by atoms with E-state index in [0.29, 0.717) is 57.6 Å². The number of fused-ring (bicyclic) bond motifs is 1. The molecule has 1 atom stereocenters. The fraction of sp³-hybridized carbons (Fsp3) is 0.207. The average molecular weight is 544 g/mol. The number of para-hydroxylation sites is 1. The first-order chi connectivity index (χ1) is 19.4. The highest BCUT2D eigenvalue weighted by Crippen LogP contribution is 2.42. The summed E-state index contributed by atoms with van der Waals surface area (Å²) < 4.78 is 22.0. The lowest BCUT2D eigenvalue weighted by Gasteiger charge is -2.15. The van der Waals surface area contributed by atoms with Gasteiger partial charge in [0.05, 0.1) is 34.1 Å². The van der Waals surface area contributed by atoms with Crippen LogP contribution in [0.1, 0.15) is 5.69 Å². The van der Waals surface area contributed by atoms with Crippen molar-refractivity contribution in [2.24, 2.45) is 0 Å². The number of methoxy groups -OCH3 is 4. The summed E-state index contributed by atoms with van der Waals surface area (Å²) in [6.07, 6.45) is 0.455. The molecule has 0 aliphatic carbocycles. The number of aromatic amines is 2. The number of carbonyl (C=O) groups excluding carboxylic acids is 1. The van der Waals surface area contributed by atoms with Gasteiger partial charge in [0.25, 0.3) is 5.91 Å². The first-order valence-electron chi connectivity index (χ1n) is 12.6. The van der Waals surface area contributed by atoms with Crippen molar-refractivity contribution in [2.45, 2.75) is 12.5 Å². The minimum Gasteiger partial charge on any atom is -0.495 e. The highest BCUT2D eigenvalue weighted by atomic mass is 16.5. The van der Waals surface area contributed by atoms with E-state index in [-0.39, 0.29) is 5.91 Å². The normalized spacial score (nSPS) is 11.7. The number of nitrogens with zero attached hydrogens (tertiary/aromatic N) is 2. The minimum atomic E-state index is -0.539. The van der Waals surface area contributed by atoms with Crippen LogP contribution in [0.2, 0.25) is 0 Å². The van der Waals surface area contributed by atoms with Gasteiger partial charge in [0.15, 0.2) is 17.5 Å². The van der Waals surface area contributed by atoms with Crippen molar-refractivity contribution in [3.05, 3.63) is 66.4 Å². The van der Waals surface area contributed by atoms with Gasteiger partial charge >= 0.3 is 0 Å². The monoisotopic (exact) mass is 543 g/mol. The number of rotatable bonds is 10. The van der Waals surface area contributed by atoms with Crippen LogP contribution in [-0.2, 0) is 11.2 Å². The zero-order chi connectivity index (χ0) is 28.2. The Kier molecular flexibility index (Phi) is 7.56. The maximum atomic E-state index is 13.2. The summed E-state index contributed by atoms with van der Waals surface area (Å²) in [4.78, 5) is 16.5. The van der Waals surface area contributed by atoms with Crippen molar-refractivity contribution >= 4 is 22.5 Å². The molecule has 0 aliphatic rings. The van der Waals surface area contributed by atoms with Crippen molar-refractivity contribution < 1.29 is 29.5 Å². The molecule has 1 unspecified atom stereocenters. The third kappa shape index (κ3) is 5.14. The molecule has 0 saturated carbocycles. The lowest BCUT2D eigenvalue weighted by atomic mass is 10.0. The van der Waals surface area contributed by atoms with Crippen LogP contribution in [0.5, 0.6) is 23.0 Å². The maximum Gasteiger partial charge on any atom is 0.283 e. The molecule has 0 spiro atoms. The van der Waals surface area contributed by atoms with Gasteiger partial charge in [-0.1, -0.05) is 18.2 Å². The summed E-state index contributed by atoms with van der Waals surface area (Å²) in [6.45, 7) is 0. The van der Waals surface area contributed by atoms with E-state index in [2.05, 4.69) is 31.4 Å². The van der Waals surface area contributed by atoms with E-state index < -0.39 is 6.04 Å². The zero-order valence-electron chi connectivity index (χ0n) is 22.7. The highest BCUT2D eigenvalue weighted by molar-refractivity contribution is 5.96. The van der Waals surface area contributed by atoms with Gasteiger partial charge in [-0.25, -0.2) is 0 Å². The number of ether oxygens (including phenoxy) is 4. The molecule has 5 rings (SSSR count). The van der Waals surface area contributed by atoms with E-state index in [1.165, 1.54) is 0 Å². The maximum absolute atomic E-state index is 13.2. The Bertz CT molecular complexity index is 1600. The first-order valence-corrected chi connectivity index (χ1v) is 12.6. The van der Waals surface area contributed by atoms with Crippen molar-refractivity contribution in [3.8, 4) is 45.5 Å². The molecule has 206 valence electrons. The molecular weight excluding hydrogens is 512 g/mol. The molecule has 11 nitrogen and oxygen atoms in total. The standard InChI is InChI=1S/C29H30N6O5/c1-37-23-10-9-17(26-27(34-35-33-26)18-13-24(38-2)28(40-4)25(14-18)39-3)12-22(23)32-29(36)20(30)15-19-11-16-7-5-6-8-21(16)31-19/h5-14,20,31H,15,30H2,1-4H3,(H,32,36)(H,33,34,35)/p+1. The van der Waals surface area contributed by atoms with Gasteiger partial charge in [0, 0.05) is 28.8 Å². The molecule has 0 radical (unpaired) electrons. The van der Waals surface area contributed by atoms with Crippen molar-refractivity contribution in [1.82, 2.24) is 20.4 Å². The smallest absolute Gasteiger partial charge is 0.283 e. The summed E-state index contributed by atoms with van der Waals surface area (Å²) >= 11 is 0. The van der Waals surface area contributed by atoms with Gasteiger partial charge in [-0.2, -0.15) is 15.4 Å². The number of nitrogens with one attached hydrogen (secondary N) is 3. The second-order valence-electron chi connectivity index (χ2n) is 9.12. The van der Waals surface area contributed by atoms with E-state index in [0.717, 1.165) is 16.6 Å². The lowest BCUT2D eigenvalue weighted by molar-refractivity contribution is -0.402. The molecular formula is C29H31N6O5+. The van der Waals surface area contributed by atoms with Crippen molar-refractivity contribution in [2.75, 3.05) is 33.8 Å². The van der Waals surface area contributed by atoms with Crippen LogP contribution in [0.4, 0.5) is 5.69 Å². The fourth-order valence-electron chi connectivity index (χ4n) is 4.64. The molecule has 0 aliphatic heterocycles. The van der Waals surface area contributed by atoms with Crippen LogP contribution in [0, 0.1) is 0 Å². The Balaban J connectivity index is 1.42. The van der Waals surface area contributed by atoms with Gasteiger partial charge in [-0.15, -0.1) is 0 Å². The van der Waals surface area contributed by atoms with E-state index in [1.54, 1.807) is 52.7 Å². The van der Waals surface area contributed by atoms with Gasteiger partial charge in [0.1, 0.15) is 17.1 Å². The largest absolute Gasteiger partial charge is 0.495 e. The van der Waals surface area contributed by atoms with E-state index in [9.17, 15) is 4.79 Å². The Labute approximate surface area is 230 Å². The topological polar surface area (TPSA) is 151 Å². The second kappa shape index (κ2) is 11.4. The molecule has 6 N–H and O–H groups in total. The molecule has 0 saturated heterocycles. The summed E-state index contributed by atoms with van der Waals surface area (Å²) in [5, 5.41) is 15.5. The van der Waals surface area contributed by atoms with Gasteiger partial charge in [0.2, 0.25) is 5.75 Å². The van der Waals surface area contributed by atoms with Crippen LogP contribution in [0.15, 0.2) is 60.7 Å². The number of amides is 1. The Morgan fingerprint density at radius 1 is 0.850 bits per heavy atom. The number of aromatic nitrogens is 4. The number of anilines is 1. The molecule has 2 aromatic heterocycles. The molecule has 0 bridgehead atoms. The van der Waals surface area contributed by atoms with Crippen molar-refractivity contribution in [1.29, 1.82) is 0 Å². The number of quaternary nitrogens is 1. The molecule has 40 heavy (non-hydrogen) atoms. The number of hydrogen-bond acceptors (Lipinski definition) is 7. The molecule has 0 fully saturated rings. The van der Waals surface area contributed by atoms with Crippen LogP contribution < -0.4 is 30.0 Å². The Morgan fingerprint density at radius 2 is 1.52 bits per heavy atom. The summed E-state index contributed by atoms with van der Waals surface area (Å²) in [7, 11) is 6.20. The van der Waals surface area contributed by atoms with Gasteiger partial charge < -0.3 is 35.0 Å². The predicted molar refractivity (Wildman–Crippen MR) is 151 cm³/mol. The summed E-state index contributed by atoms with van der Waals surface area (Å²) in [5.74, 6) is 1.73. The third-order valence-corrected chi connectivity index (χ3v) is 6.64.